The van der Waals surface area contributed by atoms with Gasteiger partial charge in [-0.2, -0.15) is 4.31 Å². The number of nitrogens with zero attached hydrogens (tertiary/aromatic N) is 2. The zero-order valence-electron chi connectivity index (χ0n) is 17.3. The number of sulfonamides is 1. The number of nitrogens with one attached hydrogen (secondary N) is 1. The molecule has 1 aliphatic rings. The van der Waals surface area contributed by atoms with Crippen molar-refractivity contribution in [2.45, 2.75) is 30.7 Å². The molecule has 8 heteroatoms. The van der Waals surface area contributed by atoms with Crippen molar-refractivity contribution in [2.24, 2.45) is 0 Å². The van der Waals surface area contributed by atoms with E-state index in [0.29, 0.717) is 19.6 Å². The summed E-state index contributed by atoms with van der Waals surface area (Å²) in [6.45, 7) is 5.85. The number of piperazine rings is 1. The first-order valence-electron chi connectivity index (χ1n) is 10.1. The predicted molar refractivity (Wildman–Crippen MR) is 114 cm³/mol. The molecule has 1 saturated heterocycles. The number of rotatable bonds is 7. The molecule has 1 N–H and O–H groups in total. The van der Waals surface area contributed by atoms with E-state index in [1.807, 2.05) is 42.2 Å². The number of hydrogen-bond donors (Lipinski definition) is 1. The topological polar surface area (TPSA) is 69.7 Å². The summed E-state index contributed by atoms with van der Waals surface area (Å²) < 4.78 is 40.2. The maximum Gasteiger partial charge on any atom is 0.243 e. The molecule has 0 aromatic heterocycles. The second-order valence-electron chi connectivity index (χ2n) is 7.63. The van der Waals surface area contributed by atoms with Gasteiger partial charge < -0.3 is 5.32 Å². The summed E-state index contributed by atoms with van der Waals surface area (Å²) >= 11 is 0. The van der Waals surface area contributed by atoms with E-state index in [-0.39, 0.29) is 35.9 Å². The van der Waals surface area contributed by atoms with Crippen molar-refractivity contribution in [2.75, 3.05) is 32.7 Å². The number of carbonyl (C=O) groups excluding carboxylic acids is 1. The van der Waals surface area contributed by atoms with Gasteiger partial charge in [0.1, 0.15) is 5.82 Å². The smallest absolute Gasteiger partial charge is 0.243 e. The summed E-state index contributed by atoms with van der Waals surface area (Å²) in [5.74, 6) is -0.445. The second-order valence-corrected chi connectivity index (χ2v) is 9.57. The number of benzene rings is 2. The summed E-state index contributed by atoms with van der Waals surface area (Å²) in [5, 5.41) is 3.00. The van der Waals surface area contributed by atoms with Crippen LogP contribution in [0.3, 0.4) is 0 Å². The average molecular weight is 434 g/mol. The quantitative estimate of drug-likeness (QED) is 0.728. The minimum absolute atomic E-state index is 0.0448. The van der Waals surface area contributed by atoms with E-state index in [4.69, 9.17) is 0 Å². The van der Waals surface area contributed by atoms with Crippen LogP contribution in [0, 0.1) is 5.82 Å². The molecule has 0 radical (unpaired) electrons. The van der Waals surface area contributed by atoms with Crippen molar-refractivity contribution in [1.82, 2.24) is 14.5 Å². The van der Waals surface area contributed by atoms with Crippen molar-refractivity contribution < 1.29 is 17.6 Å². The highest BCUT2D eigenvalue weighted by Gasteiger charge is 2.32. The highest BCUT2D eigenvalue weighted by molar-refractivity contribution is 7.89. The number of amides is 1. The molecule has 30 heavy (non-hydrogen) atoms. The van der Waals surface area contributed by atoms with Crippen LogP contribution in [0.2, 0.25) is 0 Å². The molecule has 1 heterocycles. The van der Waals surface area contributed by atoms with Gasteiger partial charge in [0.25, 0.3) is 0 Å². The van der Waals surface area contributed by atoms with Crippen molar-refractivity contribution in [3.05, 3.63) is 66.0 Å². The molecule has 2 atom stereocenters. The van der Waals surface area contributed by atoms with E-state index in [1.54, 1.807) is 0 Å². The van der Waals surface area contributed by atoms with Crippen LogP contribution >= 0.6 is 0 Å². The lowest BCUT2D eigenvalue weighted by Gasteiger charge is -2.36. The Morgan fingerprint density at radius 2 is 1.70 bits per heavy atom. The van der Waals surface area contributed by atoms with Crippen molar-refractivity contribution in [3.63, 3.8) is 0 Å². The largest absolute Gasteiger partial charge is 0.354 e. The van der Waals surface area contributed by atoms with Gasteiger partial charge in [-0.25, -0.2) is 12.8 Å². The summed E-state index contributed by atoms with van der Waals surface area (Å²) in [7, 11) is -3.74. The van der Waals surface area contributed by atoms with Crippen LogP contribution in [0.1, 0.15) is 25.3 Å². The molecule has 0 spiro atoms. The lowest BCUT2D eigenvalue weighted by atomic mass is 10.0. The summed E-state index contributed by atoms with van der Waals surface area (Å²) in [4.78, 5) is 14.5. The van der Waals surface area contributed by atoms with Crippen LogP contribution in [-0.2, 0) is 14.8 Å². The average Bonchev–Trinajstić information content (AvgIpc) is 2.77. The van der Waals surface area contributed by atoms with Gasteiger partial charge in [0.05, 0.1) is 10.9 Å². The lowest BCUT2D eigenvalue weighted by Crippen LogP contribution is -2.55. The Labute approximate surface area is 177 Å². The van der Waals surface area contributed by atoms with Gasteiger partial charge in [0.2, 0.25) is 15.9 Å². The molecule has 1 fully saturated rings. The Morgan fingerprint density at radius 1 is 1.03 bits per heavy atom. The first-order chi connectivity index (χ1) is 14.3. The van der Waals surface area contributed by atoms with Crippen LogP contribution in [-0.4, -0.2) is 62.3 Å². The lowest BCUT2D eigenvalue weighted by molar-refractivity contribution is -0.126. The highest BCUT2D eigenvalue weighted by atomic mass is 32.2. The highest BCUT2D eigenvalue weighted by Crippen LogP contribution is 2.19. The van der Waals surface area contributed by atoms with Gasteiger partial charge in [-0.1, -0.05) is 43.3 Å². The third-order valence-corrected chi connectivity index (χ3v) is 7.48. The van der Waals surface area contributed by atoms with Crippen LogP contribution in [0.5, 0.6) is 0 Å². The van der Waals surface area contributed by atoms with Gasteiger partial charge >= 0.3 is 0 Å². The second kappa shape index (κ2) is 9.68. The third-order valence-electron chi connectivity index (χ3n) is 5.59. The van der Waals surface area contributed by atoms with Crippen LogP contribution in [0.4, 0.5) is 4.39 Å². The van der Waals surface area contributed by atoms with E-state index in [2.05, 4.69) is 12.2 Å². The monoisotopic (exact) mass is 433 g/mol. The molecule has 0 aliphatic carbocycles. The molecule has 3 rings (SSSR count). The van der Waals surface area contributed by atoms with Crippen LogP contribution in [0.25, 0.3) is 0 Å². The zero-order valence-corrected chi connectivity index (χ0v) is 18.1. The fourth-order valence-electron chi connectivity index (χ4n) is 3.57. The van der Waals surface area contributed by atoms with Crippen molar-refractivity contribution in [3.8, 4) is 0 Å². The minimum Gasteiger partial charge on any atom is -0.354 e. The van der Waals surface area contributed by atoms with E-state index in [0.717, 1.165) is 6.07 Å². The predicted octanol–water partition coefficient (Wildman–Crippen LogP) is 2.44. The summed E-state index contributed by atoms with van der Waals surface area (Å²) in [6.07, 6.45) is 0. The van der Waals surface area contributed by atoms with Gasteiger partial charge in [-0.05, 0) is 36.6 Å². The van der Waals surface area contributed by atoms with Crippen LogP contribution in [0.15, 0.2) is 59.5 Å². The van der Waals surface area contributed by atoms with Crippen molar-refractivity contribution in [1.29, 1.82) is 0 Å². The van der Waals surface area contributed by atoms with E-state index < -0.39 is 15.8 Å². The summed E-state index contributed by atoms with van der Waals surface area (Å²) in [6, 6.07) is 14.7. The molecule has 162 valence electrons. The number of halogens is 1. The zero-order chi connectivity index (χ0) is 21.7. The Balaban J connectivity index is 1.52. The fourth-order valence-corrected chi connectivity index (χ4v) is 5.03. The standard InChI is InChI=1S/C22H28FN3O3S/c1-17(19-7-4-3-5-8-19)16-24-22(27)18(2)25-11-13-26(14-12-25)30(28,29)21-10-6-9-20(23)15-21/h3-10,15,17-18H,11-14,16H2,1-2H3,(H,24,27). The molecule has 1 aliphatic heterocycles. The van der Waals surface area contributed by atoms with E-state index in [9.17, 15) is 17.6 Å². The normalized spacial score (nSPS) is 18.0. The minimum atomic E-state index is -3.74. The first kappa shape index (κ1) is 22.4. The maximum absolute atomic E-state index is 13.4. The molecule has 2 unspecified atom stereocenters. The molecule has 2 aromatic carbocycles. The molecule has 1 amide bonds. The maximum atomic E-state index is 13.4. The fraction of sp³-hybridized carbons (Fsp3) is 0.409. The Hall–Kier alpha value is -2.29. The van der Waals surface area contributed by atoms with Crippen molar-refractivity contribution >= 4 is 15.9 Å². The molecule has 2 aromatic rings. The SMILES string of the molecule is CC(CNC(=O)C(C)N1CCN(S(=O)(=O)c2cccc(F)c2)CC1)c1ccccc1. The van der Waals surface area contributed by atoms with Crippen LogP contribution < -0.4 is 5.32 Å². The molecule has 6 nitrogen and oxygen atoms in total. The first-order valence-corrected chi connectivity index (χ1v) is 11.6. The Bertz CT molecular complexity index is 961. The third kappa shape index (κ3) is 5.24. The Morgan fingerprint density at radius 3 is 2.33 bits per heavy atom. The Kier molecular flexibility index (Phi) is 7.23. The summed E-state index contributed by atoms with van der Waals surface area (Å²) in [5.41, 5.74) is 1.17. The van der Waals surface area contributed by atoms with Gasteiger partial charge in [-0.15, -0.1) is 0 Å². The molecular weight excluding hydrogens is 405 g/mol. The van der Waals surface area contributed by atoms with E-state index in [1.165, 1.54) is 28.1 Å². The van der Waals surface area contributed by atoms with E-state index >= 15 is 0 Å². The van der Waals surface area contributed by atoms with Gasteiger partial charge in [0, 0.05) is 32.7 Å². The van der Waals surface area contributed by atoms with Gasteiger partial charge in [0.15, 0.2) is 0 Å². The van der Waals surface area contributed by atoms with Gasteiger partial charge in [-0.3, -0.25) is 9.69 Å². The number of carbonyl (C=O) groups is 1. The molecule has 0 saturated carbocycles. The number of hydrogen-bond acceptors (Lipinski definition) is 4. The molecule has 0 bridgehead atoms. The molecular formula is C22H28FN3O3S.